The van der Waals surface area contributed by atoms with E-state index in [4.69, 9.17) is 37.6 Å². The van der Waals surface area contributed by atoms with E-state index in [0.29, 0.717) is 56.8 Å². The lowest BCUT2D eigenvalue weighted by molar-refractivity contribution is -0.142. The van der Waals surface area contributed by atoms with E-state index in [-0.39, 0.29) is 37.7 Å². The van der Waals surface area contributed by atoms with Gasteiger partial charge in [0.1, 0.15) is 35.5 Å². The number of ether oxygens (including phenoxy) is 7. The molecule has 0 radical (unpaired) electrons. The van der Waals surface area contributed by atoms with Gasteiger partial charge < -0.3 is 52.9 Å². The van der Waals surface area contributed by atoms with Gasteiger partial charge in [0.05, 0.1) is 60.3 Å². The maximum atomic E-state index is 15.4. The van der Waals surface area contributed by atoms with Gasteiger partial charge in [0.15, 0.2) is 17.2 Å². The van der Waals surface area contributed by atoms with E-state index in [1.165, 1.54) is 7.11 Å². The Bertz CT molecular complexity index is 1760. The highest BCUT2D eigenvalue weighted by Gasteiger charge is 2.46. The van der Waals surface area contributed by atoms with Crippen molar-refractivity contribution in [1.82, 2.24) is 10.2 Å². The summed E-state index contributed by atoms with van der Waals surface area (Å²) in [5.74, 6) is 2.35. The second-order valence-corrected chi connectivity index (χ2v) is 21.4. The average molecular weight is 815 g/mol. The van der Waals surface area contributed by atoms with Crippen LogP contribution < -0.4 is 33.4 Å². The molecule has 3 rings (SSSR count). The smallest absolute Gasteiger partial charge is 0.408 e. The molecule has 3 atom stereocenters. The van der Waals surface area contributed by atoms with Gasteiger partial charge in [-0.3, -0.25) is 4.79 Å². The second kappa shape index (κ2) is 19.4. The standard InChI is InChI=1S/C43H66N2O11Si/c1-17-19-53-25-32-34-30(36(50-12)27(4)38(52-14)39(34)54-20-18-2)23-29(24-46)45(32)40(47)31(44-41(48)55-42(5,6)7)21-28-22-33(56-57(15,16)43(8,9)10)37(51-13)26(3)35(28)49-11/h17-18,22,29,31-32,46H,1-2,19-21,23-25H2,3-16H3,(H,44,48)/t29-,31-,32-/m0/s1. The van der Waals surface area contributed by atoms with Crippen molar-refractivity contribution in [3.05, 3.63) is 59.2 Å². The first-order valence-corrected chi connectivity index (χ1v) is 22.1. The van der Waals surface area contributed by atoms with Crippen LogP contribution in [0.3, 0.4) is 0 Å². The number of carbonyl (C=O) groups is 2. The Morgan fingerprint density at radius 3 is 2.00 bits per heavy atom. The number of hydrogen-bond acceptors (Lipinski definition) is 11. The second-order valence-electron chi connectivity index (χ2n) is 16.6. The molecule has 0 spiro atoms. The van der Waals surface area contributed by atoms with Gasteiger partial charge in [0, 0.05) is 34.2 Å². The normalized spacial score (nSPS) is 16.2. The van der Waals surface area contributed by atoms with Gasteiger partial charge in [0.2, 0.25) is 5.91 Å². The molecular formula is C43H66N2O11Si. The number of rotatable bonds is 18. The number of aliphatic hydroxyl groups is 1. The van der Waals surface area contributed by atoms with E-state index in [1.807, 2.05) is 19.9 Å². The van der Waals surface area contributed by atoms with Crippen molar-refractivity contribution in [1.29, 1.82) is 0 Å². The molecule has 0 bridgehead atoms. The number of methoxy groups -OCH3 is 4. The predicted molar refractivity (Wildman–Crippen MR) is 224 cm³/mol. The largest absolute Gasteiger partial charge is 0.541 e. The first-order chi connectivity index (χ1) is 26.7. The molecule has 1 aliphatic rings. The monoisotopic (exact) mass is 814 g/mol. The molecule has 14 heteroatoms. The van der Waals surface area contributed by atoms with Crippen LogP contribution in [0.15, 0.2) is 31.4 Å². The Balaban J connectivity index is 2.37. The Morgan fingerprint density at radius 2 is 1.49 bits per heavy atom. The maximum absolute atomic E-state index is 15.4. The topological polar surface area (TPSA) is 143 Å². The first kappa shape index (κ1) is 47.0. The number of aliphatic hydroxyl groups excluding tert-OH is 1. The van der Waals surface area contributed by atoms with Crippen molar-refractivity contribution >= 4 is 20.3 Å². The summed E-state index contributed by atoms with van der Waals surface area (Å²) in [6.45, 7) is 27.2. The quantitative estimate of drug-likeness (QED) is 0.0883. The van der Waals surface area contributed by atoms with Crippen LogP contribution in [0, 0.1) is 13.8 Å². The minimum Gasteiger partial charge on any atom is -0.541 e. The molecule has 0 aliphatic carbocycles. The Kier molecular flexibility index (Phi) is 16.0. The predicted octanol–water partition coefficient (Wildman–Crippen LogP) is 7.41. The number of fused-ring (bicyclic) bond motifs is 1. The van der Waals surface area contributed by atoms with Crippen LogP contribution in [0.1, 0.15) is 75.4 Å². The highest BCUT2D eigenvalue weighted by Crippen LogP contribution is 2.51. The molecular weight excluding hydrogens is 749 g/mol. The molecule has 57 heavy (non-hydrogen) atoms. The summed E-state index contributed by atoms with van der Waals surface area (Å²) in [5, 5.41) is 13.8. The summed E-state index contributed by atoms with van der Waals surface area (Å²) in [5.41, 5.74) is 2.42. The van der Waals surface area contributed by atoms with E-state index in [2.05, 4.69) is 52.3 Å². The van der Waals surface area contributed by atoms with E-state index < -0.39 is 50.7 Å². The van der Waals surface area contributed by atoms with E-state index in [9.17, 15) is 9.90 Å². The summed E-state index contributed by atoms with van der Waals surface area (Å²) >= 11 is 0. The fourth-order valence-electron chi connectivity index (χ4n) is 6.95. The lowest BCUT2D eigenvalue weighted by Crippen LogP contribution is -2.58. The van der Waals surface area contributed by atoms with Gasteiger partial charge in [-0.15, -0.1) is 6.58 Å². The van der Waals surface area contributed by atoms with Crippen molar-refractivity contribution in [2.45, 2.75) is 110 Å². The molecule has 2 aromatic carbocycles. The Hall–Kier alpha value is -4.40. The molecule has 2 aromatic rings. The molecule has 1 aliphatic heterocycles. The molecule has 0 aromatic heterocycles. The third-order valence-electron chi connectivity index (χ3n) is 10.5. The number of alkyl carbamates (subject to hydrolysis) is 1. The number of nitrogens with zero attached hydrogens (tertiary/aromatic N) is 1. The summed E-state index contributed by atoms with van der Waals surface area (Å²) in [6.07, 6.45) is 2.59. The highest BCUT2D eigenvalue weighted by molar-refractivity contribution is 6.74. The number of hydrogen-bond donors (Lipinski definition) is 2. The zero-order chi connectivity index (χ0) is 43.0. The number of carbonyl (C=O) groups excluding carboxylic acids is 2. The minimum absolute atomic E-state index is 0.0182. The molecule has 0 unspecified atom stereocenters. The number of benzene rings is 2. The summed E-state index contributed by atoms with van der Waals surface area (Å²) < 4.78 is 48.6. The molecule has 0 saturated carbocycles. The molecule has 1 heterocycles. The van der Waals surface area contributed by atoms with Crippen LogP contribution in [-0.2, 0) is 27.1 Å². The molecule has 2 amide bonds. The fraction of sp³-hybridized carbons (Fsp3) is 0.581. The zero-order valence-electron chi connectivity index (χ0n) is 36.6. The van der Waals surface area contributed by atoms with Crippen molar-refractivity contribution in [3.63, 3.8) is 0 Å². The van der Waals surface area contributed by atoms with Crippen molar-refractivity contribution in [2.75, 3.05) is 54.9 Å². The lowest BCUT2D eigenvalue weighted by atomic mass is 9.84. The van der Waals surface area contributed by atoms with E-state index >= 15 is 4.79 Å². The molecule has 2 N–H and O–H groups in total. The zero-order valence-corrected chi connectivity index (χ0v) is 37.6. The Labute approximate surface area is 340 Å². The highest BCUT2D eigenvalue weighted by atomic mass is 28.4. The van der Waals surface area contributed by atoms with Gasteiger partial charge in [-0.25, -0.2) is 4.79 Å². The Morgan fingerprint density at radius 1 is 0.912 bits per heavy atom. The van der Waals surface area contributed by atoms with E-state index in [0.717, 1.165) is 5.56 Å². The van der Waals surface area contributed by atoms with Crippen LogP contribution in [0.5, 0.6) is 34.5 Å². The van der Waals surface area contributed by atoms with Gasteiger partial charge in [-0.1, -0.05) is 39.5 Å². The third-order valence-corrected chi connectivity index (χ3v) is 14.8. The summed E-state index contributed by atoms with van der Waals surface area (Å²) in [7, 11) is 3.83. The van der Waals surface area contributed by atoms with Crippen molar-refractivity contribution in [3.8, 4) is 34.5 Å². The first-order valence-electron chi connectivity index (χ1n) is 19.2. The van der Waals surface area contributed by atoms with Crippen molar-refractivity contribution in [2.24, 2.45) is 0 Å². The van der Waals surface area contributed by atoms with Crippen LogP contribution in [0.2, 0.25) is 18.1 Å². The van der Waals surface area contributed by atoms with Crippen LogP contribution in [0.4, 0.5) is 4.79 Å². The summed E-state index contributed by atoms with van der Waals surface area (Å²) in [6, 6.07) is -1.02. The van der Waals surface area contributed by atoms with Crippen LogP contribution >= 0.6 is 0 Å². The molecule has 13 nitrogen and oxygen atoms in total. The maximum Gasteiger partial charge on any atom is 0.408 e. The van der Waals surface area contributed by atoms with Gasteiger partial charge >= 0.3 is 6.09 Å². The number of amides is 2. The van der Waals surface area contributed by atoms with E-state index in [1.54, 1.807) is 59.2 Å². The summed E-state index contributed by atoms with van der Waals surface area (Å²) in [4.78, 5) is 30.6. The SMILES string of the molecule is C=CCOC[C@H]1c2c(c(OC)c(C)c(OC)c2OCC=C)C[C@@H](CO)N1C(=O)[C@H](Cc1cc(O[Si](C)(C)C(C)(C)C)c(OC)c(C)c1OC)NC(=O)OC(C)(C)C. The molecule has 318 valence electrons. The van der Waals surface area contributed by atoms with Crippen LogP contribution in [-0.4, -0.2) is 103 Å². The number of nitrogens with one attached hydrogen (secondary N) is 1. The third kappa shape index (κ3) is 10.6. The van der Waals surface area contributed by atoms with Crippen LogP contribution in [0.25, 0.3) is 0 Å². The minimum atomic E-state index is -2.39. The average Bonchev–Trinajstić information content (AvgIpc) is 3.11. The van der Waals surface area contributed by atoms with Gasteiger partial charge in [0.25, 0.3) is 8.32 Å². The fourth-order valence-corrected chi connectivity index (χ4v) is 7.95. The van der Waals surface area contributed by atoms with Gasteiger partial charge in [-0.2, -0.15) is 0 Å². The lowest BCUT2D eigenvalue weighted by Gasteiger charge is -2.45. The van der Waals surface area contributed by atoms with Crippen molar-refractivity contribution < 1.29 is 52.3 Å². The molecule has 0 fully saturated rings. The van der Waals surface area contributed by atoms with Gasteiger partial charge in [-0.05, 0) is 65.2 Å². The molecule has 0 saturated heterocycles.